The zero-order valence-electron chi connectivity index (χ0n) is 10.2. The molecule has 0 bridgehead atoms. The van der Waals surface area contributed by atoms with E-state index in [9.17, 15) is 9.18 Å². The van der Waals surface area contributed by atoms with E-state index in [0.717, 1.165) is 0 Å². The van der Waals surface area contributed by atoms with Gasteiger partial charge in [-0.25, -0.2) is 4.39 Å². The van der Waals surface area contributed by atoms with Crippen LogP contribution in [0.25, 0.3) is 0 Å². The molecule has 104 valence electrons. The van der Waals surface area contributed by atoms with Crippen LogP contribution in [0.1, 0.15) is 29.6 Å². The van der Waals surface area contributed by atoms with E-state index in [1.807, 2.05) is 0 Å². The van der Waals surface area contributed by atoms with Gasteiger partial charge in [-0.1, -0.05) is 28.9 Å². The molecule has 0 aliphatic heterocycles. The number of hydrogen-bond acceptors (Lipinski definition) is 4. The van der Waals surface area contributed by atoms with E-state index < -0.39 is 17.7 Å². The fraction of sp³-hybridized carbons (Fsp3) is 0.308. The molecule has 1 saturated carbocycles. The number of carbonyl (C=O) groups is 1. The summed E-state index contributed by atoms with van der Waals surface area (Å²) in [4.78, 5) is 14.9. The van der Waals surface area contributed by atoms with Crippen molar-refractivity contribution in [1.29, 1.82) is 0 Å². The van der Waals surface area contributed by atoms with Crippen molar-refractivity contribution >= 4 is 17.6 Å². The third-order valence-electron chi connectivity index (χ3n) is 3.29. The Morgan fingerprint density at radius 3 is 3.05 bits per heavy atom. The maximum atomic E-state index is 13.7. The predicted octanol–water partition coefficient (Wildman–Crippen LogP) is 2.64. The molecule has 1 aromatic carbocycles. The highest BCUT2D eigenvalue weighted by atomic mass is 35.5. The first kappa shape index (κ1) is 13.1. The molecule has 1 heterocycles. The number of rotatable bonds is 4. The van der Waals surface area contributed by atoms with Gasteiger partial charge in [-0.05, 0) is 18.1 Å². The smallest absolute Gasteiger partial charge is 0.307 e. The van der Waals surface area contributed by atoms with E-state index in [0.29, 0.717) is 23.7 Å². The summed E-state index contributed by atoms with van der Waals surface area (Å²) >= 11 is 5.70. The molecular weight excluding hydrogens is 287 g/mol. The van der Waals surface area contributed by atoms with Crippen molar-refractivity contribution in [3.8, 4) is 0 Å². The van der Waals surface area contributed by atoms with Crippen molar-refractivity contribution in [3.63, 3.8) is 0 Å². The molecule has 1 N–H and O–H groups in total. The molecule has 0 saturated heterocycles. The molecule has 0 radical (unpaired) electrons. The van der Waals surface area contributed by atoms with Crippen molar-refractivity contribution in [2.45, 2.75) is 18.8 Å². The quantitative estimate of drug-likeness (QED) is 0.938. The third-order valence-corrected chi connectivity index (χ3v) is 3.58. The van der Waals surface area contributed by atoms with Crippen LogP contribution in [0.3, 0.4) is 0 Å². The largest absolute Gasteiger partial charge is 0.481 e. The van der Waals surface area contributed by atoms with Crippen LogP contribution >= 0.6 is 11.6 Å². The Balaban J connectivity index is 1.75. The van der Waals surface area contributed by atoms with E-state index in [4.69, 9.17) is 21.2 Å². The van der Waals surface area contributed by atoms with E-state index in [1.54, 1.807) is 12.1 Å². The first-order chi connectivity index (χ1) is 9.56. The predicted molar refractivity (Wildman–Crippen MR) is 67.0 cm³/mol. The second kappa shape index (κ2) is 4.86. The van der Waals surface area contributed by atoms with Crippen LogP contribution < -0.4 is 0 Å². The van der Waals surface area contributed by atoms with Crippen molar-refractivity contribution < 1.29 is 18.8 Å². The number of nitrogens with zero attached hydrogens (tertiary/aromatic N) is 2. The molecule has 2 unspecified atom stereocenters. The minimum atomic E-state index is -0.865. The van der Waals surface area contributed by atoms with E-state index in [2.05, 4.69) is 10.1 Å². The fourth-order valence-electron chi connectivity index (χ4n) is 2.09. The molecule has 2 aromatic rings. The van der Waals surface area contributed by atoms with Gasteiger partial charge in [0.25, 0.3) is 0 Å². The Hall–Kier alpha value is -1.95. The standard InChI is InChI=1S/C13H10ClFN2O3/c14-9-3-1-2-6(11(9)15)4-10-16-12(20-17-10)7-5-8(7)13(18)19/h1-3,7-8H,4-5H2,(H,18,19). The van der Waals surface area contributed by atoms with Crippen molar-refractivity contribution in [2.75, 3.05) is 0 Å². The van der Waals surface area contributed by atoms with Crippen LogP contribution in [-0.2, 0) is 11.2 Å². The van der Waals surface area contributed by atoms with Gasteiger partial charge in [0.2, 0.25) is 5.89 Å². The molecule has 5 nitrogen and oxygen atoms in total. The lowest BCUT2D eigenvalue weighted by molar-refractivity contribution is -0.138. The SMILES string of the molecule is O=C(O)C1CC1c1nc(Cc2cccc(Cl)c2F)no1. The van der Waals surface area contributed by atoms with Gasteiger partial charge in [0, 0.05) is 6.42 Å². The maximum Gasteiger partial charge on any atom is 0.307 e. The topological polar surface area (TPSA) is 76.2 Å². The number of aromatic nitrogens is 2. The number of halogens is 2. The summed E-state index contributed by atoms with van der Waals surface area (Å²) < 4.78 is 18.8. The average molecular weight is 297 g/mol. The van der Waals surface area contributed by atoms with Crippen molar-refractivity contribution in [1.82, 2.24) is 10.1 Å². The lowest BCUT2D eigenvalue weighted by Gasteiger charge is -2.00. The summed E-state index contributed by atoms with van der Waals surface area (Å²) in [5.74, 6) is -1.43. The number of carboxylic acids is 1. The summed E-state index contributed by atoms with van der Waals surface area (Å²) in [6.45, 7) is 0. The lowest BCUT2D eigenvalue weighted by atomic mass is 10.1. The number of benzene rings is 1. The number of hydrogen-bond donors (Lipinski definition) is 1. The molecule has 1 aliphatic rings. The molecule has 7 heteroatoms. The zero-order valence-corrected chi connectivity index (χ0v) is 11.0. The molecule has 1 aromatic heterocycles. The van der Waals surface area contributed by atoms with Gasteiger partial charge >= 0.3 is 5.97 Å². The number of aliphatic carboxylic acids is 1. The summed E-state index contributed by atoms with van der Waals surface area (Å²) in [5.41, 5.74) is 0.371. The Kier molecular flexibility index (Phi) is 3.17. The van der Waals surface area contributed by atoms with Crippen LogP contribution in [0, 0.1) is 11.7 Å². The summed E-state index contributed by atoms with van der Waals surface area (Å²) in [7, 11) is 0. The third kappa shape index (κ3) is 2.38. The molecule has 0 spiro atoms. The summed E-state index contributed by atoms with van der Waals surface area (Å²) in [5, 5.41) is 12.6. The first-order valence-corrected chi connectivity index (χ1v) is 6.42. The van der Waals surface area contributed by atoms with Crippen LogP contribution in [0.2, 0.25) is 5.02 Å². The second-order valence-corrected chi connectivity index (χ2v) is 5.13. The van der Waals surface area contributed by atoms with Gasteiger partial charge in [0.1, 0.15) is 5.82 Å². The van der Waals surface area contributed by atoms with Crippen LogP contribution in [0.15, 0.2) is 22.7 Å². The van der Waals surface area contributed by atoms with Gasteiger partial charge in [-0.3, -0.25) is 4.79 Å². The molecule has 0 amide bonds. The second-order valence-electron chi connectivity index (χ2n) is 4.73. The molecule has 2 atom stereocenters. The molecule has 1 aliphatic carbocycles. The monoisotopic (exact) mass is 296 g/mol. The van der Waals surface area contributed by atoms with Gasteiger partial charge in [-0.15, -0.1) is 0 Å². The highest BCUT2D eigenvalue weighted by Gasteiger charge is 2.48. The minimum Gasteiger partial charge on any atom is -0.481 e. The van der Waals surface area contributed by atoms with Gasteiger partial charge in [-0.2, -0.15) is 4.98 Å². The normalized spacial score (nSPS) is 20.9. The zero-order chi connectivity index (χ0) is 14.3. The van der Waals surface area contributed by atoms with Crippen molar-refractivity contribution in [3.05, 3.63) is 46.3 Å². The van der Waals surface area contributed by atoms with E-state index in [-0.39, 0.29) is 17.4 Å². The first-order valence-electron chi connectivity index (χ1n) is 6.04. The number of carboxylic acid groups (broad SMARTS) is 1. The Labute approximate surface area is 118 Å². The summed E-state index contributed by atoms with van der Waals surface area (Å²) in [6.07, 6.45) is 0.656. The molecule has 3 rings (SSSR count). The van der Waals surface area contributed by atoms with Gasteiger partial charge < -0.3 is 9.63 Å². The molecule has 20 heavy (non-hydrogen) atoms. The van der Waals surface area contributed by atoms with Crippen LogP contribution in [0.5, 0.6) is 0 Å². The molecule has 1 fully saturated rings. The highest BCUT2D eigenvalue weighted by molar-refractivity contribution is 6.30. The lowest BCUT2D eigenvalue weighted by Crippen LogP contribution is -1.99. The maximum absolute atomic E-state index is 13.7. The van der Waals surface area contributed by atoms with Crippen LogP contribution in [0.4, 0.5) is 4.39 Å². The van der Waals surface area contributed by atoms with Gasteiger partial charge in [0.15, 0.2) is 5.82 Å². The van der Waals surface area contributed by atoms with Crippen LogP contribution in [-0.4, -0.2) is 21.2 Å². The fourth-order valence-corrected chi connectivity index (χ4v) is 2.28. The van der Waals surface area contributed by atoms with E-state index in [1.165, 1.54) is 6.07 Å². The Morgan fingerprint density at radius 2 is 2.35 bits per heavy atom. The van der Waals surface area contributed by atoms with Gasteiger partial charge in [0.05, 0.1) is 16.9 Å². The van der Waals surface area contributed by atoms with E-state index >= 15 is 0 Å². The minimum absolute atomic E-state index is 0.0411. The highest BCUT2D eigenvalue weighted by Crippen LogP contribution is 2.46. The van der Waals surface area contributed by atoms with Crippen molar-refractivity contribution in [2.24, 2.45) is 5.92 Å². The average Bonchev–Trinajstić information content (AvgIpc) is 3.09. The summed E-state index contributed by atoms with van der Waals surface area (Å²) in [6, 6.07) is 4.70. The Bertz CT molecular complexity index is 673. The molecular formula is C13H10ClFN2O3. The Morgan fingerprint density at radius 1 is 1.55 bits per heavy atom.